The molecule has 0 atom stereocenters. The average Bonchev–Trinajstić information content (AvgIpc) is 3.05. The van der Waals surface area contributed by atoms with Gasteiger partial charge in [-0.25, -0.2) is 8.42 Å². The van der Waals surface area contributed by atoms with E-state index in [0.717, 1.165) is 19.2 Å². The number of furan rings is 1. The number of carbonyl (C=O) groups is 1. The molecule has 1 aromatic carbocycles. The minimum atomic E-state index is -4.92. The molecule has 2 aromatic rings. The van der Waals surface area contributed by atoms with Gasteiger partial charge in [0, 0.05) is 12.1 Å². The Labute approximate surface area is 152 Å². The molecule has 2 rings (SSSR count). The number of hydrogen-bond acceptors (Lipinski definition) is 4. The Bertz CT molecular complexity index is 883. The van der Waals surface area contributed by atoms with Crippen molar-refractivity contribution >= 4 is 27.5 Å². The van der Waals surface area contributed by atoms with E-state index in [1.807, 2.05) is 0 Å². The molecule has 1 heterocycles. The van der Waals surface area contributed by atoms with E-state index >= 15 is 0 Å². The van der Waals surface area contributed by atoms with Gasteiger partial charge in [0.1, 0.15) is 5.76 Å². The number of sulfonamides is 1. The predicted molar refractivity (Wildman–Crippen MR) is 86.8 cm³/mol. The molecule has 11 heteroatoms. The van der Waals surface area contributed by atoms with Crippen LogP contribution in [0.4, 0.5) is 13.2 Å². The highest BCUT2D eigenvalue weighted by molar-refractivity contribution is 7.89. The number of rotatable bonds is 6. The molecule has 0 radical (unpaired) electrons. The fraction of sp³-hybridized carbons (Fsp3) is 0.267. The lowest BCUT2D eigenvalue weighted by molar-refractivity contribution is -0.139. The molecule has 0 spiro atoms. The van der Waals surface area contributed by atoms with Crippen LogP contribution in [0.3, 0.4) is 0 Å². The first-order chi connectivity index (χ1) is 12.0. The zero-order chi connectivity index (χ0) is 19.5. The van der Waals surface area contributed by atoms with Crippen LogP contribution in [-0.4, -0.2) is 32.2 Å². The molecular weight excluding hydrogens is 397 g/mol. The van der Waals surface area contributed by atoms with Crippen molar-refractivity contribution in [3.8, 4) is 0 Å². The maximum Gasteiger partial charge on any atom is 0.417 e. The van der Waals surface area contributed by atoms with Crippen molar-refractivity contribution in [2.45, 2.75) is 17.6 Å². The van der Waals surface area contributed by atoms with Crippen LogP contribution in [0.1, 0.15) is 11.3 Å². The van der Waals surface area contributed by atoms with Crippen molar-refractivity contribution < 1.29 is 30.8 Å². The predicted octanol–water partition coefficient (Wildman–Crippen LogP) is 2.89. The number of amides is 1. The molecule has 1 aromatic heterocycles. The van der Waals surface area contributed by atoms with E-state index in [1.165, 1.54) is 6.26 Å². The summed E-state index contributed by atoms with van der Waals surface area (Å²) in [7, 11) is -3.56. The second-order valence-electron chi connectivity index (χ2n) is 5.26. The van der Waals surface area contributed by atoms with Crippen molar-refractivity contribution in [2.24, 2.45) is 0 Å². The standard InChI is InChI=1S/C15H14ClF3N2O4S/c1-21(9-14(22)20-8-11-3-2-6-25-11)26(23,24)13-5-4-10(16)7-12(13)15(17,18)19/h2-7H,8-9H2,1H3,(H,20,22). The van der Waals surface area contributed by atoms with Gasteiger partial charge in [-0.2, -0.15) is 17.5 Å². The van der Waals surface area contributed by atoms with Crippen molar-refractivity contribution in [3.63, 3.8) is 0 Å². The lowest BCUT2D eigenvalue weighted by atomic mass is 10.2. The molecule has 0 aliphatic heterocycles. The Morgan fingerprint density at radius 2 is 2.00 bits per heavy atom. The van der Waals surface area contributed by atoms with E-state index in [4.69, 9.17) is 16.0 Å². The first-order valence-electron chi connectivity index (χ1n) is 7.14. The largest absolute Gasteiger partial charge is 0.467 e. The molecule has 0 saturated carbocycles. The molecular formula is C15H14ClF3N2O4S. The van der Waals surface area contributed by atoms with Crippen molar-refractivity contribution in [3.05, 3.63) is 52.9 Å². The highest BCUT2D eigenvalue weighted by Crippen LogP contribution is 2.36. The van der Waals surface area contributed by atoms with Crippen LogP contribution in [0.2, 0.25) is 5.02 Å². The molecule has 6 nitrogen and oxygen atoms in total. The number of carbonyl (C=O) groups excluding carboxylic acids is 1. The highest BCUT2D eigenvalue weighted by atomic mass is 35.5. The van der Waals surface area contributed by atoms with E-state index < -0.39 is 39.1 Å². The van der Waals surface area contributed by atoms with Crippen LogP contribution < -0.4 is 5.32 Å². The van der Waals surface area contributed by atoms with Gasteiger partial charge >= 0.3 is 6.18 Å². The van der Waals surface area contributed by atoms with Gasteiger partial charge in [-0.3, -0.25) is 4.79 Å². The molecule has 0 unspecified atom stereocenters. The summed E-state index contributed by atoms with van der Waals surface area (Å²) in [5, 5.41) is 2.16. The molecule has 1 N–H and O–H groups in total. The Kier molecular flexibility index (Phi) is 5.99. The fourth-order valence-electron chi connectivity index (χ4n) is 2.06. The second kappa shape index (κ2) is 7.68. The zero-order valence-electron chi connectivity index (χ0n) is 13.4. The fourth-order valence-corrected chi connectivity index (χ4v) is 3.55. The highest BCUT2D eigenvalue weighted by Gasteiger charge is 2.38. The molecule has 26 heavy (non-hydrogen) atoms. The van der Waals surface area contributed by atoms with Gasteiger partial charge in [0.05, 0.1) is 29.8 Å². The van der Waals surface area contributed by atoms with Gasteiger partial charge in [-0.05, 0) is 30.3 Å². The molecule has 142 valence electrons. The van der Waals surface area contributed by atoms with Crippen LogP contribution in [0.5, 0.6) is 0 Å². The van der Waals surface area contributed by atoms with Crippen LogP contribution >= 0.6 is 11.6 Å². The van der Waals surface area contributed by atoms with Gasteiger partial charge in [-0.1, -0.05) is 11.6 Å². The van der Waals surface area contributed by atoms with Crippen molar-refractivity contribution in [2.75, 3.05) is 13.6 Å². The van der Waals surface area contributed by atoms with Gasteiger partial charge < -0.3 is 9.73 Å². The maximum absolute atomic E-state index is 13.1. The van der Waals surface area contributed by atoms with Gasteiger partial charge in [-0.15, -0.1) is 0 Å². The van der Waals surface area contributed by atoms with Crippen LogP contribution in [0.25, 0.3) is 0 Å². The Morgan fingerprint density at radius 3 is 2.58 bits per heavy atom. The Balaban J connectivity index is 2.17. The third kappa shape index (κ3) is 4.77. The summed E-state index contributed by atoms with van der Waals surface area (Å²) in [5.74, 6) is -0.254. The monoisotopic (exact) mass is 410 g/mol. The third-order valence-electron chi connectivity index (χ3n) is 3.34. The Hall–Kier alpha value is -2.04. The molecule has 1 amide bonds. The lowest BCUT2D eigenvalue weighted by Gasteiger charge is -2.20. The molecule has 0 aliphatic carbocycles. The molecule has 0 aliphatic rings. The minimum Gasteiger partial charge on any atom is -0.467 e. The normalized spacial score (nSPS) is 12.4. The first-order valence-corrected chi connectivity index (χ1v) is 8.96. The van der Waals surface area contributed by atoms with Crippen LogP contribution in [-0.2, 0) is 27.5 Å². The number of nitrogens with one attached hydrogen (secondary N) is 1. The van der Waals surface area contributed by atoms with E-state index in [0.29, 0.717) is 16.1 Å². The van der Waals surface area contributed by atoms with E-state index in [-0.39, 0.29) is 11.6 Å². The SMILES string of the molecule is CN(CC(=O)NCc1ccco1)S(=O)(=O)c1ccc(Cl)cc1C(F)(F)F. The zero-order valence-corrected chi connectivity index (χ0v) is 15.0. The summed E-state index contributed by atoms with van der Waals surface area (Å²) in [6.07, 6.45) is -3.52. The summed E-state index contributed by atoms with van der Waals surface area (Å²) in [6.45, 7) is -0.641. The lowest BCUT2D eigenvalue weighted by Crippen LogP contribution is -2.38. The topological polar surface area (TPSA) is 79.6 Å². The molecule has 0 saturated heterocycles. The quantitative estimate of drug-likeness (QED) is 0.794. The summed E-state index contributed by atoms with van der Waals surface area (Å²) in [5.41, 5.74) is -1.40. The minimum absolute atomic E-state index is 0.0223. The third-order valence-corrected chi connectivity index (χ3v) is 5.44. The van der Waals surface area contributed by atoms with Crippen molar-refractivity contribution in [1.82, 2.24) is 9.62 Å². The second-order valence-corrected chi connectivity index (χ2v) is 7.71. The summed E-state index contributed by atoms with van der Waals surface area (Å²) in [4.78, 5) is 10.9. The smallest absolute Gasteiger partial charge is 0.417 e. The average molecular weight is 411 g/mol. The summed E-state index contributed by atoms with van der Waals surface area (Å²) in [6, 6.07) is 5.53. The van der Waals surface area contributed by atoms with Gasteiger partial charge in [0.15, 0.2) is 0 Å². The van der Waals surface area contributed by atoms with Crippen LogP contribution in [0.15, 0.2) is 45.9 Å². The van der Waals surface area contributed by atoms with Crippen LogP contribution in [0, 0.1) is 0 Å². The summed E-state index contributed by atoms with van der Waals surface area (Å²) < 4.78 is 69.9. The van der Waals surface area contributed by atoms with Gasteiger partial charge in [0.25, 0.3) is 0 Å². The number of halogens is 4. The van der Waals surface area contributed by atoms with Gasteiger partial charge in [0.2, 0.25) is 15.9 Å². The Morgan fingerprint density at radius 1 is 1.31 bits per heavy atom. The number of likely N-dealkylation sites (N-methyl/N-ethyl adjacent to an activating group) is 1. The maximum atomic E-state index is 13.1. The summed E-state index contributed by atoms with van der Waals surface area (Å²) >= 11 is 5.55. The van der Waals surface area contributed by atoms with E-state index in [9.17, 15) is 26.4 Å². The molecule has 0 fully saturated rings. The molecule has 0 bridgehead atoms. The number of nitrogens with zero attached hydrogens (tertiary/aromatic N) is 1. The number of alkyl halides is 3. The van der Waals surface area contributed by atoms with E-state index in [2.05, 4.69) is 5.32 Å². The van der Waals surface area contributed by atoms with E-state index in [1.54, 1.807) is 12.1 Å². The first kappa shape index (κ1) is 20.3. The van der Waals surface area contributed by atoms with Crippen molar-refractivity contribution in [1.29, 1.82) is 0 Å². The number of benzene rings is 1. The number of hydrogen-bond donors (Lipinski definition) is 1.